The molecule has 4 bridgehead atoms. The number of carbonyl (C=O) groups excluding carboxylic acids is 1. The molecule has 254 valence electrons. The first-order valence-electron chi connectivity index (χ1n) is 15.7. The lowest BCUT2D eigenvalue weighted by molar-refractivity contribution is -0.277. The van der Waals surface area contributed by atoms with Gasteiger partial charge < -0.3 is 55.4 Å². The summed E-state index contributed by atoms with van der Waals surface area (Å²) in [6, 6.07) is 10.5. The molecular formula is C36H38O12. The lowest BCUT2D eigenvalue weighted by Gasteiger charge is -2.64. The lowest BCUT2D eigenvalue weighted by atomic mass is 9.40. The van der Waals surface area contributed by atoms with E-state index in [2.05, 4.69) is 0 Å². The van der Waals surface area contributed by atoms with E-state index in [1.54, 1.807) is 37.3 Å². The van der Waals surface area contributed by atoms with Crippen LogP contribution in [-0.4, -0.2) is 100 Å². The van der Waals surface area contributed by atoms with Crippen molar-refractivity contribution in [2.75, 3.05) is 6.61 Å². The van der Waals surface area contributed by atoms with Crippen molar-refractivity contribution in [1.82, 2.24) is 0 Å². The molecule has 9 atom stereocenters. The van der Waals surface area contributed by atoms with E-state index < -0.39 is 82.7 Å². The van der Waals surface area contributed by atoms with E-state index in [1.807, 2.05) is 0 Å². The molecule has 1 heterocycles. The Bertz CT molecular complexity index is 1910. The largest absolute Gasteiger partial charge is 0.507 e. The van der Waals surface area contributed by atoms with Crippen LogP contribution in [0, 0.1) is 5.41 Å². The molecule has 0 amide bonds. The molecule has 9 N–H and O–H groups in total. The molecule has 4 aliphatic rings. The molecule has 0 radical (unpaired) electrons. The van der Waals surface area contributed by atoms with Crippen LogP contribution in [0.1, 0.15) is 60.2 Å². The molecule has 1 aliphatic heterocycles. The van der Waals surface area contributed by atoms with Crippen LogP contribution in [0.15, 0.2) is 66.3 Å². The van der Waals surface area contributed by atoms with Crippen molar-refractivity contribution in [2.45, 2.75) is 80.6 Å². The first-order valence-corrected chi connectivity index (χ1v) is 15.7. The molecule has 48 heavy (non-hydrogen) atoms. The maximum atomic E-state index is 15.0. The van der Waals surface area contributed by atoms with Crippen LogP contribution in [0.25, 0.3) is 10.8 Å². The summed E-state index contributed by atoms with van der Waals surface area (Å²) in [7, 11) is 0. The van der Waals surface area contributed by atoms with Gasteiger partial charge in [0.1, 0.15) is 52.9 Å². The minimum absolute atomic E-state index is 0.0390. The Morgan fingerprint density at radius 3 is 2.35 bits per heavy atom. The molecule has 12 heteroatoms. The Morgan fingerprint density at radius 2 is 1.69 bits per heavy atom. The van der Waals surface area contributed by atoms with E-state index >= 15 is 0 Å². The maximum absolute atomic E-state index is 15.0. The highest BCUT2D eigenvalue weighted by Crippen LogP contribution is 2.73. The molecule has 0 saturated carbocycles. The minimum atomic E-state index is -2.60. The van der Waals surface area contributed by atoms with Crippen molar-refractivity contribution in [2.24, 2.45) is 5.41 Å². The Labute approximate surface area is 275 Å². The number of hydrogen-bond acceptors (Lipinski definition) is 12. The van der Waals surface area contributed by atoms with Gasteiger partial charge in [0.15, 0.2) is 5.78 Å². The van der Waals surface area contributed by atoms with Crippen LogP contribution >= 0.6 is 0 Å². The molecule has 12 nitrogen and oxygen atoms in total. The number of phenols is 2. The van der Waals surface area contributed by atoms with Gasteiger partial charge in [0.25, 0.3) is 0 Å². The zero-order valence-corrected chi connectivity index (χ0v) is 26.4. The number of Topliss-reactive ketones (excluding diaryl/α,β-unsaturated/α-hetero) is 1. The predicted octanol–water partition coefficient (Wildman–Crippen LogP) is 1.35. The zero-order valence-electron chi connectivity index (χ0n) is 26.4. The quantitative estimate of drug-likeness (QED) is 0.177. The number of phenolic OH excluding ortho intramolecular Hbond substituents is 2. The summed E-state index contributed by atoms with van der Waals surface area (Å²) in [5, 5.41) is 103. The van der Waals surface area contributed by atoms with Gasteiger partial charge >= 0.3 is 0 Å². The summed E-state index contributed by atoms with van der Waals surface area (Å²) >= 11 is 0. The van der Waals surface area contributed by atoms with E-state index in [4.69, 9.17) is 9.47 Å². The first kappa shape index (κ1) is 32.7. The van der Waals surface area contributed by atoms with Crippen LogP contribution in [0.4, 0.5) is 0 Å². The topological polar surface area (TPSA) is 218 Å². The Morgan fingerprint density at radius 1 is 1.00 bits per heavy atom. The number of aliphatic hydroxyl groups is 7. The van der Waals surface area contributed by atoms with Gasteiger partial charge in [-0.25, -0.2) is 0 Å². The van der Waals surface area contributed by atoms with Gasteiger partial charge in [-0.15, -0.1) is 0 Å². The number of benzene rings is 3. The van der Waals surface area contributed by atoms with Crippen molar-refractivity contribution in [3.8, 4) is 17.2 Å². The van der Waals surface area contributed by atoms with Gasteiger partial charge in [-0.1, -0.05) is 60.2 Å². The third-order valence-corrected chi connectivity index (χ3v) is 10.5. The molecule has 0 unspecified atom stereocenters. The number of aliphatic hydroxyl groups excluding tert-OH is 4. The number of allylic oxidation sites excluding steroid dienone is 1. The van der Waals surface area contributed by atoms with E-state index in [-0.39, 0.29) is 45.2 Å². The monoisotopic (exact) mass is 662 g/mol. The normalized spacial score (nSPS) is 35.7. The molecular weight excluding hydrogens is 624 g/mol. The van der Waals surface area contributed by atoms with Gasteiger partial charge in [-0.05, 0) is 26.8 Å². The standard InChI is InChI=1S/C36H38O12/c1-16-13-20-24-25(26(39)17-7-4-5-8-18(17)30(24)48-32-29(42)28(41)27(40)22(15-37)47-32)36(46)19-9-6-10-21(38)23(19)31(43)34(20,35(36,45)14-16)12-11-33(2,3)44/h4-13,20,22,27-29,32,37-42,44-46H,14-15H2,1-3H3/b12-11+/t20-,22-,27-,28+,29-,32+,34-,35-,36+/m1/s1. The molecule has 3 aromatic rings. The summed E-state index contributed by atoms with van der Waals surface area (Å²) in [4.78, 5) is 15.0. The van der Waals surface area contributed by atoms with Crippen LogP contribution < -0.4 is 4.74 Å². The van der Waals surface area contributed by atoms with Crippen molar-refractivity contribution in [3.63, 3.8) is 0 Å². The fraction of sp³-hybridized carbons (Fsp3) is 0.417. The van der Waals surface area contributed by atoms with Crippen molar-refractivity contribution in [3.05, 3.63) is 88.5 Å². The minimum Gasteiger partial charge on any atom is -0.507 e. The molecule has 3 aliphatic carbocycles. The van der Waals surface area contributed by atoms with E-state index in [9.17, 15) is 50.8 Å². The summed E-state index contributed by atoms with van der Waals surface area (Å²) in [5.41, 5.74) is -8.64. The van der Waals surface area contributed by atoms with E-state index in [1.165, 1.54) is 44.2 Å². The van der Waals surface area contributed by atoms with E-state index in [0.29, 0.717) is 5.57 Å². The van der Waals surface area contributed by atoms with Gasteiger partial charge in [0.2, 0.25) is 6.29 Å². The second-order valence-corrected chi connectivity index (χ2v) is 14.0. The highest BCUT2D eigenvalue weighted by molar-refractivity contribution is 6.11. The second-order valence-electron chi connectivity index (χ2n) is 14.0. The van der Waals surface area contributed by atoms with Crippen molar-refractivity contribution in [1.29, 1.82) is 0 Å². The molecule has 0 aromatic heterocycles. The van der Waals surface area contributed by atoms with Gasteiger partial charge in [0.05, 0.1) is 23.2 Å². The molecule has 0 spiro atoms. The van der Waals surface area contributed by atoms with E-state index in [0.717, 1.165) is 0 Å². The fourth-order valence-corrected chi connectivity index (χ4v) is 8.33. The number of ether oxygens (including phenoxy) is 2. The molecule has 1 saturated heterocycles. The average Bonchev–Trinajstić information content (AvgIpc) is 3.03. The predicted molar refractivity (Wildman–Crippen MR) is 169 cm³/mol. The van der Waals surface area contributed by atoms with Crippen LogP contribution in [-0.2, 0) is 10.3 Å². The van der Waals surface area contributed by atoms with Crippen molar-refractivity contribution < 1.29 is 60.2 Å². The van der Waals surface area contributed by atoms with Crippen LogP contribution in [0.2, 0.25) is 0 Å². The van der Waals surface area contributed by atoms with Crippen LogP contribution in [0.5, 0.6) is 17.2 Å². The smallest absolute Gasteiger partial charge is 0.229 e. The fourth-order valence-electron chi connectivity index (χ4n) is 8.33. The number of carbonyl (C=O) groups is 1. The van der Waals surface area contributed by atoms with Gasteiger partial charge in [0, 0.05) is 39.8 Å². The number of aromatic hydroxyl groups is 2. The first-order chi connectivity index (χ1) is 22.5. The second kappa shape index (κ2) is 10.6. The third kappa shape index (κ3) is 4.03. The SMILES string of the molecule is CC1=C[C@@H]2c3c(c(O)c4ccccc4c3O[C@@H]3O[C@H](CO)[C@@H](O)[C@H](O)[C@H]3O)[C@@]3(O)c4cccc(O)c4C(=O)[C@]2(/C=C/C(C)(C)O)[C@]3(O)C1. The zero-order chi connectivity index (χ0) is 34.7. The number of hydrogen-bond donors (Lipinski definition) is 9. The van der Waals surface area contributed by atoms with Gasteiger partial charge in [-0.3, -0.25) is 4.79 Å². The molecule has 7 rings (SSSR count). The summed E-state index contributed by atoms with van der Waals surface area (Å²) in [6.45, 7) is 3.92. The molecule has 3 aromatic carbocycles. The third-order valence-electron chi connectivity index (χ3n) is 10.5. The number of fused-ring (bicyclic) bond motifs is 6. The Balaban J connectivity index is 1.64. The lowest BCUT2D eigenvalue weighted by Crippen LogP contribution is -2.73. The maximum Gasteiger partial charge on any atom is 0.229 e. The summed E-state index contributed by atoms with van der Waals surface area (Å²) in [6.07, 6.45) is -4.20. The summed E-state index contributed by atoms with van der Waals surface area (Å²) in [5.74, 6) is -2.96. The highest BCUT2D eigenvalue weighted by atomic mass is 16.7. The number of rotatable bonds is 5. The summed E-state index contributed by atoms with van der Waals surface area (Å²) < 4.78 is 12.1. The number of ketones is 1. The Hall–Kier alpha value is -3.85. The Kier molecular flexibility index (Phi) is 7.20. The average molecular weight is 663 g/mol. The van der Waals surface area contributed by atoms with Crippen LogP contribution in [0.3, 0.4) is 0 Å². The highest BCUT2D eigenvalue weighted by Gasteiger charge is 2.77. The van der Waals surface area contributed by atoms with Gasteiger partial charge in [-0.2, -0.15) is 0 Å². The van der Waals surface area contributed by atoms with Crippen molar-refractivity contribution >= 4 is 16.6 Å². The molecule has 1 fully saturated rings.